The van der Waals surface area contributed by atoms with Gasteiger partial charge < -0.3 is 24.0 Å². The SMILES string of the molecule is COc1ccc(OCC(=O)N2CC[C@@H]3CN(C(=O)c4ccc(Oc5ccc(C(F)(F)F)cc5)cc4)C[C@@H]3CC2)cc1. The van der Waals surface area contributed by atoms with E-state index in [1.165, 1.54) is 12.1 Å². The Labute approximate surface area is 236 Å². The number of benzene rings is 3. The lowest BCUT2D eigenvalue weighted by atomic mass is 9.92. The van der Waals surface area contributed by atoms with Crippen LogP contribution in [0.5, 0.6) is 23.0 Å². The summed E-state index contributed by atoms with van der Waals surface area (Å²) in [7, 11) is 1.59. The van der Waals surface area contributed by atoms with E-state index in [2.05, 4.69) is 0 Å². The zero-order valence-corrected chi connectivity index (χ0v) is 22.6. The number of carbonyl (C=O) groups is 2. The van der Waals surface area contributed by atoms with Crippen molar-refractivity contribution in [1.29, 1.82) is 0 Å². The Kier molecular flexibility index (Phi) is 8.37. The number of alkyl halides is 3. The molecular formula is C31H31F3N2O5. The van der Waals surface area contributed by atoms with Crippen LogP contribution in [0.4, 0.5) is 13.2 Å². The highest BCUT2D eigenvalue weighted by Gasteiger charge is 2.38. The molecule has 2 aliphatic rings. The van der Waals surface area contributed by atoms with Crippen molar-refractivity contribution in [1.82, 2.24) is 9.80 Å². The fraction of sp³-hybridized carbons (Fsp3) is 0.355. The van der Waals surface area contributed by atoms with E-state index in [9.17, 15) is 22.8 Å². The maximum absolute atomic E-state index is 13.2. The minimum Gasteiger partial charge on any atom is -0.497 e. The zero-order chi connectivity index (χ0) is 29.0. The Morgan fingerprint density at radius 3 is 1.80 bits per heavy atom. The second-order valence-electron chi connectivity index (χ2n) is 10.3. The van der Waals surface area contributed by atoms with Crippen molar-refractivity contribution in [3.8, 4) is 23.0 Å². The average Bonchev–Trinajstić information content (AvgIpc) is 3.28. The van der Waals surface area contributed by atoms with Crippen LogP contribution in [0.25, 0.3) is 0 Å². The molecule has 7 nitrogen and oxygen atoms in total. The minimum atomic E-state index is -4.41. The molecule has 2 amide bonds. The normalized spacial score (nSPS) is 18.8. The van der Waals surface area contributed by atoms with Crippen molar-refractivity contribution in [2.24, 2.45) is 11.8 Å². The molecule has 2 aliphatic heterocycles. The zero-order valence-electron chi connectivity index (χ0n) is 22.6. The summed E-state index contributed by atoms with van der Waals surface area (Å²) in [4.78, 5) is 29.7. The number of nitrogens with zero attached hydrogens (tertiary/aromatic N) is 2. The molecule has 0 bridgehead atoms. The number of halogens is 3. The van der Waals surface area contributed by atoms with Crippen molar-refractivity contribution in [3.63, 3.8) is 0 Å². The van der Waals surface area contributed by atoms with E-state index >= 15 is 0 Å². The molecule has 41 heavy (non-hydrogen) atoms. The van der Waals surface area contributed by atoms with Gasteiger partial charge in [0.15, 0.2) is 6.61 Å². The number of likely N-dealkylation sites (tertiary alicyclic amines) is 2. The summed E-state index contributed by atoms with van der Waals surface area (Å²) >= 11 is 0. The molecule has 0 saturated carbocycles. The molecule has 0 N–H and O–H groups in total. The maximum atomic E-state index is 13.2. The smallest absolute Gasteiger partial charge is 0.416 e. The Morgan fingerprint density at radius 1 is 0.756 bits per heavy atom. The van der Waals surface area contributed by atoms with Crippen LogP contribution in [-0.4, -0.2) is 61.5 Å². The van der Waals surface area contributed by atoms with Gasteiger partial charge in [0.05, 0.1) is 12.7 Å². The minimum absolute atomic E-state index is 0.0230. The first-order valence-corrected chi connectivity index (χ1v) is 13.5. The molecule has 10 heteroatoms. The van der Waals surface area contributed by atoms with Gasteiger partial charge in [-0.3, -0.25) is 9.59 Å². The first kappa shape index (κ1) is 28.3. The standard InChI is InChI=1S/C31H31F3N2O5/c1-39-25-10-12-26(13-11-25)40-20-29(37)35-16-14-22-18-36(19-23(22)15-17-35)30(38)21-2-6-27(7-3-21)41-28-8-4-24(5-9-28)31(32,33)34/h2-13,22-23H,14-20H2,1H3/t22-,23+. The number of fused-ring (bicyclic) bond motifs is 1. The van der Waals surface area contributed by atoms with E-state index in [0.717, 1.165) is 30.7 Å². The second kappa shape index (κ2) is 12.1. The monoisotopic (exact) mass is 568 g/mol. The van der Waals surface area contributed by atoms with Crippen molar-refractivity contribution < 1.29 is 37.0 Å². The lowest BCUT2D eigenvalue weighted by Gasteiger charge is -2.22. The molecule has 5 rings (SSSR count). The average molecular weight is 569 g/mol. The summed E-state index contributed by atoms with van der Waals surface area (Å²) in [6.45, 7) is 2.51. The third-order valence-electron chi connectivity index (χ3n) is 7.70. The van der Waals surface area contributed by atoms with Gasteiger partial charge in [0.25, 0.3) is 11.8 Å². The van der Waals surface area contributed by atoms with Crippen molar-refractivity contribution in [2.45, 2.75) is 19.0 Å². The van der Waals surface area contributed by atoms with Crippen LogP contribution in [0, 0.1) is 11.8 Å². The number of amides is 2. The van der Waals surface area contributed by atoms with E-state index < -0.39 is 11.7 Å². The molecular weight excluding hydrogens is 537 g/mol. The fourth-order valence-electron chi connectivity index (χ4n) is 5.37. The van der Waals surface area contributed by atoms with Gasteiger partial charge in [-0.2, -0.15) is 13.2 Å². The van der Waals surface area contributed by atoms with E-state index in [0.29, 0.717) is 55.1 Å². The highest BCUT2D eigenvalue weighted by atomic mass is 19.4. The summed E-state index contributed by atoms with van der Waals surface area (Å²) in [5.41, 5.74) is -0.223. The van der Waals surface area contributed by atoms with Crippen molar-refractivity contribution in [2.75, 3.05) is 39.9 Å². The second-order valence-corrected chi connectivity index (χ2v) is 10.3. The van der Waals surface area contributed by atoms with Crippen LogP contribution in [-0.2, 0) is 11.0 Å². The molecule has 0 aromatic heterocycles. The van der Waals surface area contributed by atoms with Gasteiger partial charge in [-0.1, -0.05) is 0 Å². The Balaban J connectivity index is 1.10. The fourth-order valence-corrected chi connectivity index (χ4v) is 5.37. The Morgan fingerprint density at radius 2 is 1.27 bits per heavy atom. The maximum Gasteiger partial charge on any atom is 0.416 e. The van der Waals surface area contributed by atoms with E-state index in [1.807, 2.05) is 9.80 Å². The molecule has 2 heterocycles. The largest absolute Gasteiger partial charge is 0.497 e. The third-order valence-corrected chi connectivity index (χ3v) is 7.70. The van der Waals surface area contributed by atoms with E-state index in [1.54, 1.807) is 55.6 Å². The summed E-state index contributed by atoms with van der Waals surface area (Å²) in [5.74, 6) is 2.55. The van der Waals surface area contributed by atoms with Gasteiger partial charge in [-0.05, 0) is 97.5 Å². The molecule has 2 saturated heterocycles. The third kappa shape index (κ3) is 6.93. The van der Waals surface area contributed by atoms with Crippen molar-refractivity contribution >= 4 is 11.8 Å². The summed E-state index contributed by atoms with van der Waals surface area (Å²) in [6, 6.07) is 18.2. The van der Waals surface area contributed by atoms with Crippen LogP contribution in [0.3, 0.4) is 0 Å². The van der Waals surface area contributed by atoms with Gasteiger partial charge in [0.1, 0.15) is 23.0 Å². The van der Waals surface area contributed by atoms with Gasteiger partial charge in [-0.25, -0.2) is 0 Å². The van der Waals surface area contributed by atoms with Gasteiger partial charge in [0.2, 0.25) is 0 Å². The summed E-state index contributed by atoms with van der Waals surface area (Å²) < 4.78 is 54.7. The van der Waals surface area contributed by atoms with Crippen LogP contribution < -0.4 is 14.2 Å². The molecule has 0 radical (unpaired) electrons. The molecule has 216 valence electrons. The molecule has 2 atom stereocenters. The number of rotatable bonds is 7. The lowest BCUT2D eigenvalue weighted by molar-refractivity contribution is -0.137. The van der Waals surface area contributed by atoms with Gasteiger partial charge >= 0.3 is 6.18 Å². The van der Waals surface area contributed by atoms with Crippen LogP contribution in [0.15, 0.2) is 72.8 Å². The highest BCUT2D eigenvalue weighted by Crippen LogP contribution is 2.34. The topological polar surface area (TPSA) is 68.3 Å². The number of carbonyl (C=O) groups excluding carboxylic acids is 2. The first-order valence-electron chi connectivity index (χ1n) is 13.5. The lowest BCUT2D eigenvalue weighted by Crippen LogP contribution is -2.37. The quantitative estimate of drug-likeness (QED) is 0.355. The highest BCUT2D eigenvalue weighted by molar-refractivity contribution is 5.94. The number of methoxy groups -OCH3 is 1. The number of ether oxygens (including phenoxy) is 3. The van der Waals surface area contributed by atoms with Crippen molar-refractivity contribution in [3.05, 3.63) is 83.9 Å². The van der Waals surface area contributed by atoms with Gasteiger partial charge in [0, 0.05) is 31.7 Å². The van der Waals surface area contributed by atoms with Gasteiger partial charge in [-0.15, -0.1) is 0 Å². The van der Waals surface area contributed by atoms with E-state index in [-0.39, 0.29) is 24.2 Å². The Hall–Kier alpha value is -4.21. The van der Waals surface area contributed by atoms with Crippen LogP contribution >= 0.6 is 0 Å². The molecule has 0 spiro atoms. The molecule has 3 aromatic carbocycles. The Bertz CT molecular complexity index is 1330. The predicted octanol–water partition coefficient (Wildman–Crippen LogP) is 5.90. The van der Waals surface area contributed by atoms with Crippen LogP contribution in [0.2, 0.25) is 0 Å². The number of hydrogen-bond donors (Lipinski definition) is 0. The summed E-state index contributed by atoms with van der Waals surface area (Å²) in [5, 5.41) is 0. The number of hydrogen-bond acceptors (Lipinski definition) is 5. The molecule has 3 aromatic rings. The summed E-state index contributed by atoms with van der Waals surface area (Å²) in [6.07, 6.45) is -2.76. The molecule has 0 aliphatic carbocycles. The first-order chi connectivity index (χ1) is 19.7. The molecule has 2 fully saturated rings. The van der Waals surface area contributed by atoms with E-state index in [4.69, 9.17) is 14.2 Å². The molecule has 0 unspecified atom stereocenters. The predicted molar refractivity (Wildman–Crippen MR) is 145 cm³/mol. The van der Waals surface area contributed by atoms with Crippen LogP contribution in [0.1, 0.15) is 28.8 Å².